The number of carbonyl (C=O) groups is 5. The highest BCUT2D eigenvalue weighted by molar-refractivity contribution is 8.01. The van der Waals surface area contributed by atoms with Crippen LogP contribution in [0, 0.1) is 0 Å². The Balaban J connectivity index is 0.00000370. The van der Waals surface area contributed by atoms with Gasteiger partial charge in [-0.15, -0.1) is 11.8 Å². The molecule has 4 N–H and O–H groups in total. The minimum Gasteiger partial charge on any atom is -1.00 e. The topological polar surface area (TPSA) is 150 Å². The minimum absolute atomic E-state index is 0. The van der Waals surface area contributed by atoms with Crippen molar-refractivity contribution in [2.24, 2.45) is 5.73 Å². The summed E-state index contributed by atoms with van der Waals surface area (Å²) in [7, 11) is 1.25. The summed E-state index contributed by atoms with van der Waals surface area (Å²) in [6.45, 7) is 6.96. The molecule has 0 saturated carbocycles. The first-order valence-corrected chi connectivity index (χ1v) is 14.5. The molecule has 0 radical (unpaired) electrons. The van der Waals surface area contributed by atoms with Crippen LogP contribution in [0.2, 0.25) is 0 Å². The fraction of sp³-hybridized carbons (Fsp3) is 0.577. The van der Waals surface area contributed by atoms with Gasteiger partial charge in [-0.25, -0.2) is 19.3 Å². The van der Waals surface area contributed by atoms with Crippen LogP contribution in [0.1, 0.15) is 45.7 Å². The summed E-state index contributed by atoms with van der Waals surface area (Å²) in [5.74, 6) is -2.41. The number of carbonyl (C=O) groups excluding carboxylic acids is 5. The van der Waals surface area contributed by atoms with Gasteiger partial charge in [0, 0.05) is 4.75 Å². The second-order valence-corrected chi connectivity index (χ2v) is 15.0. The molecule has 2 unspecified atom stereocenters. The number of halogens is 1. The number of hydrogen-bond donors (Lipinski definition) is 3. The molecule has 5 rings (SSSR count). The number of amides is 3. The molecule has 4 aliphatic heterocycles. The highest BCUT2D eigenvalue weighted by Crippen LogP contribution is 2.55. The van der Waals surface area contributed by atoms with Crippen LogP contribution in [0.5, 0.6) is 0 Å². The van der Waals surface area contributed by atoms with Gasteiger partial charge in [-0.05, 0) is 33.3 Å². The molecule has 218 valence electrons. The zero-order valence-electron chi connectivity index (χ0n) is 22.8. The number of nitrogens with one attached hydrogen (secondary N) is 2. The first kappa shape index (κ1) is 30.8. The molecule has 0 aliphatic carbocycles. The first-order valence-electron chi connectivity index (χ1n) is 12.7. The zero-order valence-corrected chi connectivity index (χ0v) is 26.0. The Hall–Kier alpha value is -2.13. The molecule has 0 aromatic heterocycles. The molecule has 4 heterocycles. The largest absolute Gasteiger partial charge is 1.00 e. The smallest absolute Gasteiger partial charge is 0.367 e. The van der Waals surface area contributed by atoms with Crippen LogP contribution in [0.3, 0.4) is 0 Å². The summed E-state index contributed by atoms with van der Waals surface area (Å²) in [6.07, 6.45) is 0.404. The predicted molar refractivity (Wildman–Crippen MR) is 143 cm³/mol. The van der Waals surface area contributed by atoms with Crippen molar-refractivity contribution in [3.8, 4) is 0 Å². The van der Waals surface area contributed by atoms with Gasteiger partial charge in [0.25, 0.3) is 5.91 Å². The fourth-order valence-electron chi connectivity index (χ4n) is 6.00. The molecular weight excluding hydrogens is 624 g/mol. The number of ether oxygens (including phenoxy) is 2. The maximum Gasteiger partial charge on any atom is 0.367 e. The molecule has 1 aromatic carbocycles. The molecule has 7 atom stereocenters. The molecule has 4 fully saturated rings. The van der Waals surface area contributed by atoms with E-state index in [2.05, 4.69) is 5.32 Å². The molecule has 11 nitrogen and oxygen atoms in total. The molecule has 1 aromatic rings. The minimum atomic E-state index is -1.65. The van der Waals surface area contributed by atoms with Crippen LogP contribution >= 0.6 is 23.5 Å². The molecule has 4 saturated heterocycles. The third kappa shape index (κ3) is 4.65. The van der Waals surface area contributed by atoms with E-state index in [0.29, 0.717) is 16.9 Å². The normalized spacial score (nSPS) is 33.4. The predicted octanol–water partition coefficient (Wildman–Crippen LogP) is -3.64. The van der Waals surface area contributed by atoms with Gasteiger partial charge in [0.1, 0.15) is 30.5 Å². The van der Waals surface area contributed by atoms with E-state index in [-0.39, 0.29) is 28.3 Å². The summed E-state index contributed by atoms with van der Waals surface area (Å²) in [5, 5.41) is 2.08. The van der Waals surface area contributed by atoms with Crippen LogP contribution in [-0.2, 0) is 33.4 Å². The number of thioether (sulfide) groups is 2. The van der Waals surface area contributed by atoms with Crippen molar-refractivity contribution in [3.63, 3.8) is 0 Å². The van der Waals surface area contributed by atoms with Gasteiger partial charge in [0.05, 0.1) is 11.9 Å². The lowest BCUT2D eigenvalue weighted by molar-refractivity contribution is -0.872. The number of esters is 2. The van der Waals surface area contributed by atoms with E-state index >= 15 is 0 Å². The molecular formula is C26H33BrN4O7S2. The number of fused-ring (bicyclic) bond motifs is 2. The Morgan fingerprint density at radius 2 is 1.75 bits per heavy atom. The quantitative estimate of drug-likeness (QED) is 0.198. The van der Waals surface area contributed by atoms with E-state index in [9.17, 15) is 24.0 Å². The zero-order chi connectivity index (χ0) is 28.5. The highest BCUT2D eigenvalue weighted by Gasteiger charge is 2.73. The summed E-state index contributed by atoms with van der Waals surface area (Å²) in [6, 6.07) is 6.00. The van der Waals surface area contributed by atoms with Crippen molar-refractivity contribution in [3.05, 3.63) is 35.9 Å². The molecule has 0 bridgehead atoms. The van der Waals surface area contributed by atoms with Crippen LogP contribution in [-0.4, -0.2) is 86.1 Å². The molecule has 40 heavy (non-hydrogen) atoms. The number of β-lactam (4-membered cyclic amide) rings is 2. The average molecular weight is 658 g/mol. The van der Waals surface area contributed by atoms with E-state index in [4.69, 9.17) is 15.2 Å². The summed E-state index contributed by atoms with van der Waals surface area (Å²) in [5.41, 5.74) is 5.14. The molecule has 4 aliphatic rings. The van der Waals surface area contributed by atoms with Gasteiger partial charge in [0.2, 0.25) is 11.9 Å². The van der Waals surface area contributed by atoms with Gasteiger partial charge >= 0.3 is 17.8 Å². The van der Waals surface area contributed by atoms with Gasteiger partial charge in [0.15, 0.2) is 10.9 Å². The number of nitrogens with two attached hydrogens (primary N) is 1. The van der Waals surface area contributed by atoms with E-state index in [1.807, 2.05) is 27.7 Å². The lowest BCUT2D eigenvalue weighted by atomic mass is 9.84. The number of quaternary nitrogens is 1. The lowest BCUT2D eigenvalue weighted by Gasteiger charge is -2.52. The molecule has 14 heteroatoms. The number of nitrogens with zero attached hydrogens (tertiary/aromatic N) is 1. The van der Waals surface area contributed by atoms with Crippen LogP contribution < -0.4 is 32.9 Å². The second kappa shape index (κ2) is 10.6. The number of hydrogen-bond acceptors (Lipinski definition) is 10. The van der Waals surface area contributed by atoms with Gasteiger partial charge < -0.3 is 42.4 Å². The Kier molecular flexibility index (Phi) is 8.17. The highest BCUT2D eigenvalue weighted by atomic mass is 79.9. The maximum absolute atomic E-state index is 13.8. The Morgan fingerprint density at radius 3 is 2.35 bits per heavy atom. The van der Waals surface area contributed by atoms with Crippen LogP contribution in [0.4, 0.5) is 0 Å². The van der Waals surface area contributed by atoms with Crippen molar-refractivity contribution in [2.45, 2.75) is 78.0 Å². The standard InChI is InChI=1S/C26H32N4O7S2.BrH/c1-24(2)18(29-14(31)11-15(29)38-24)21(34)37-12-26(28-19(32)16(27)13-9-7-6-8-10-13)22(35)30-17(20(33)36-5)25(3,4)39-23(26)30;/h6-10,15-18,23H,11-12,27H2,1-5H3,(H,28,32);1H/t15-,16?,17+,18+,23-,26-;/m1./s1. The molecule has 3 amide bonds. The summed E-state index contributed by atoms with van der Waals surface area (Å²) in [4.78, 5) is 67.5. The first-order chi connectivity index (χ1) is 18.2. The van der Waals surface area contributed by atoms with E-state index in [1.54, 1.807) is 42.1 Å². The summed E-state index contributed by atoms with van der Waals surface area (Å²) < 4.78 is 9.44. The fourth-order valence-corrected chi connectivity index (χ4v) is 9.39. The third-order valence-electron chi connectivity index (χ3n) is 8.02. The second-order valence-electron chi connectivity index (χ2n) is 11.4. The summed E-state index contributed by atoms with van der Waals surface area (Å²) >= 11 is 2.89. The van der Waals surface area contributed by atoms with Gasteiger partial charge in [-0.2, -0.15) is 0 Å². The van der Waals surface area contributed by atoms with Crippen molar-refractivity contribution in [1.82, 2.24) is 10.2 Å². The van der Waals surface area contributed by atoms with Crippen molar-refractivity contribution < 1.29 is 55.3 Å². The Morgan fingerprint density at radius 1 is 1.10 bits per heavy atom. The van der Waals surface area contributed by atoms with Crippen molar-refractivity contribution >= 4 is 53.2 Å². The Bertz CT molecular complexity index is 1250. The monoisotopic (exact) mass is 656 g/mol. The Labute approximate surface area is 251 Å². The maximum atomic E-state index is 13.8. The average Bonchev–Trinajstić information content (AvgIpc) is 3.29. The van der Waals surface area contributed by atoms with Crippen molar-refractivity contribution in [2.75, 3.05) is 13.7 Å². The number of rotatable bonds is 7. The van der Waals surface area contributed by atoms with Gasteiger partial charge in [-0.1, -0.05) is 42.1 Å². The SMILES string of the molecule is COC(=O)[C@@H]1N2C(=O)[C@@](COC(=O)[C@@H]3[NH+]4C(=O)C[C@H]4SC3(C)C)(NC(=O)C(N)c3ccccc3)[C@H]2SC1(C)C.[Br-]. The molecule has 0 spiro atoms. The van der Waals surface area contributed by atoms with Crippen LogP contribution in [0.15, 0.2) is 30.3 Å². The third-order valence-corrected chi connectivity index (χ3v) is 11.3. The lowest BCUT2D eigenvalue weighted by Crippen LogP contribution is -3.26. The van der Waals surface area contributed by atoms with Gasteiger partial charge in [-0.3, -0.25) is 9.59 Å². The number of benzene rings is 1. The van der Waals surface area contributed by atoms with E-state index < -0.39 is 68.9 Å². The van der Waals surface area contributed by atoms with E-state index in [1.165, 1.54) is 23.8 Å². The van der Waals surface area contributed by atoms with Crippen molar-refractivity contribution in [1.29, 1.82) is 0 Å². The van der Waals surface area contributed by atoms with E-state index in [0.717, 1.165) is 0 Å². The van der Waals surface area contributed by atoms with Crippen LogP contribution in [0.25, 0.3) is 0 Å². The number of methoxy groups -OCH3 is 1.